The van der Waals surface area contributed by atoms with Crippen molar-refractivity contribution in [2.45, 2.75) is 6.54 Å². The van der Waals surface area contributed by atoms with E-state index < -0.39 is 0 Å². The van der Waals surface area contributed by atoms with Gasteiger partial charge in [0.1, 0.15) is 11.5 Å². The number of benzene rings is 1. The van der Waals surface area contributed by atoms with Gasteiger partial charge in [-0.3, -0.25) is 4.79 Å². The molecular formula is C16H18FN3O. The van der Waals surface area contributed by atoms with Crippen LogP contribution in [0.25, 0.3) is 0 Å². The molecule has 0 aliphatic heterocycles. The summed E-state index contributed by atoms with van der Waals surface area (Å²) in [6, 6.07) is 9.67. The molecule has 110 valence electrons. The van der Waals surface area contributed by atoms with Crippen molar-refractivity contribution in [1.29, 1.82) is 0 Å². The summed E-state index contributed by atoms with van der Waals surface area (Å²) in [5.74, 6) is -0.446. The van der Waals surface area contributed by atoms with Crippen LogP contribution in [0.2, 0.25) is 0 Å². The van der Waals surface area contributed by atoms with E-state index in [-0.39, 0.29) is 11.7 Å². The number of anilines is 1. The molecule has 0 saturated carbocycles. The zero-order valence-corrected chi connectivity index (χ0v) is 12.4. The van der Waals surface area contributed by atoms with Crippen molar-refractivity contribution in [3.63, 3.8) is 0 Å². The monoisotopic (exact) mass is 287 g/mol. The summed E-state index contributed by atoms with van der Waals surface area (Å²) in [5.41, 5.74) is 2.20. The van der Waals surface area contributed by atoms with Crippen LogP contribution in [-0.2, 0) is 6.54 Å². The number of aromatic nitrogens is 1. The van der Waals surface area contributed by atoms with E-state index >= 15 is 0 Å². The minimum absolute atomic E-state index is 0.162. The van der Waals surface area contributed by atoms with Crippen molar-refractivity contribution < 1.29 is 9.18 Å². The van der Waals surface area contributed by atoms with Gasteiger partial charge >= 0.3 is 0 Å². The van der Waals surface area contributed by atoms with E-state index in [1.165, 1.54) is 12.1 Å². The molecule has 0 radical (unpaired) electrons. The molecule has 1 heterocycles. The van der Waals surface area contributed by atoms with Crippen LogP contribution in [0.1, 0.15) is 16.1 Å². The lowest BCUT2D eigenvalue weighted by Gasteiger charge is -2.17. The summed E-state index contributed by atoms with van der Waals surface area (Å²) in [7, 11) is 5.53. The topological polar surface area (TPSA) is 36.4 Å². The molecule has 1 amide bonds. The molecule has 0 saturated heterocycles. The Morgan fingerprint density at radius 1 is 1.10 bits per heavy atom. The molecule has 0 atom stereocenters. The van der Waals surface area contributed by atoms with Crippen LogP contribution in [0, 0.1) is 5.82 Å². The van der Waals surface area contributed by atoms with Crippen molar-refractivity contribution in [2.24, 2.45) is 0 Å². The van der Waals surface area contributed by atoms with E-state index in [0.717, 1.165) is 11.3 Å². The van der Waals surface area contributed by atoms with Crippen molar-refractivity contribution in [3.8, 4) is 0 Å². The van der Waals surface area contributed by atoms with Crippen LogP contribution in [0.15, 0.2) is 42.6 Å². The lowest BCUT2D eigenvalue weighted by atomic mass is 10.2. The van der Waals surface area contributed by atoms with Crippen molar-refractivity contribution in [1.82, 2.24) is 9.88 Å². The Bertz CT molecular complexity index is 608. The van der Waals surface area contributed by atoms with Gasteiger partial charge in [-0.1, -0.05) is 12.1 Å². The minimum atomic E-state index is -0.284. The normalized spacial score (nSPS) is 10.3. The van der Waals surface area contributed by atoms with Crippen LogP contribution in [0.4, 0.5) is 10.1 Å². The number of hydrogen-bond donors (Lipinski definition) is 0. The van der Waals surface area contributed by atoms with Gasteiger partial charge in [-0.25, -0.2) is 9.37 Å². The van der Waals surface area contributed by atoms with E-state index in [1.54, 1.807) is 36.3 Å². The summed E-state index contributed by atoms with van der Waals surface area (Å²) < 4.78 is 12.9. The fraction of sp³-hybridized carbons (Fsp3) is 0.250. The maximum atomic E-state index is 12.9. The first-order valence-corrected chi connectivity index (χ1v) is 6.60. The minimum Gasteiger partial charge on any atom is -0.376 e. The van der Waals surface area contributed by atoms with Crippen LogP contribution in [0.5, 0.6) is 0 Å². The first kappa shape index (κ1) is 15.0. The van der Waals surface area contributed by atoms with Gasteiger partial charge in [0.05, 0.1) is 11.9 Å². The third-order valence-electron chi connectivity index (χ3n) is 3.16. The highest BCUT2D eigenvalue weighted by Crippen LogP contribution is 2.12. The largest absolute Gasteiger partial charge is 0.376 e. The molecule has 4 nitrogen and oxygen atoms in total. The second-order valence-corrected chi connectivity index (χ2v) is 5.08. The zero-order chi connectivity index (χ0) is 15.4. The smallest absolute Gasteiger partial charge is 0.272 e. The Balaban J connectivity index is 2.06. The van der Waals surface area contributed by atoms with Gasteiger partial charge in [0.25, 0.3) is 5.91 Å². The number of amides is 1. The number of nitrogens with zero attached hydrogens (tertiary/aromatic N) is 3. The lowest BCUT2D eigenvalue weighted by Crippen LogP contribution is -2.27. The maximum Gasteiger partial charge on any atom is 0.272 e. The molecule has 21 heavy (non-hydrogen) atoms. The molecule has 0 bridgehead atoms. The summed E-state index contributed by atoms with van der Waals surface area (Å²) in [6.07, 6.45) is 1.67. The van der Waals surface area contributed by atoms with Crippen molar-refractivity contribution in [2.75, 3.05) is 26.0 Å². The van der Waals surface area contributed by atoms with E-state index in [2.05, 4.69) is 4.98 Å². The predicted molar refractivity (Wildman–Crippen MR) is 80.8 cm³/mol. The molecule has 0 unspecified atom stereocenters. The van der Waals surface area contributed by atoms with Gasteiger partial charge in [-0.05, 0) is 29.8 Å². The third kappa shape index (κ3) is 3.78. The van der Waals surface area contributed by atoms with E-state index in [9.17, 15) is 9.18 Å². The number of carbonyl (C=O) groups is 1. The van der Waals surface area contributed by atoms with Gasteiger partial charge in [-0.15, -0.1) is 0 Å². The third-order valence-corrected chi connectivity index (χ3v) is 3.16. The molecule has 2 aromatic rings. The summed E-state index contributed by atoms with van der Waals surface area (Å²) in [4.78, 5) is 19.9. The van der Waals surface area contributed by atoms with Gasteiger partial charge in [-0.2, -0.15) is 0 Å². The molecule has 0 aliphatic rings. The Kier molecular flexibility index (Phi) is 4.52. The number of pyridine rings is 1. The van der Waals surface area contributed by atoms with Gasteiger partial charge in [0, 0.05) is 27.7 Å². The summed E-state index contributed by atoms with van der Waals surface area (Å²) >= 11 is 0. The Hall–Kier alpha value is -2.43. The van der Waals surface area contributed by atoms with Gasteiger partial charge in [0.15, 0.2) is 0 Å². The van der Waals surface area contributed by atoms with Crippen LogP contribution >= 0.6 is 0 Å². The standard InChI is InChI=1S/C16H18FN3O/c1-19(2)14-8-9-15(18-10-14)16(21)20(3)11-12-4-6-13(17)7-5-12/h4-10H,11H2,1-3H3. The van der Waals surface area contributed by atoms with E-state index in [0.29, 0.717) is 12.2 Å². The second-order valence-electron chi connectivity index (χ2n) is 5.08. The van der Waals surface area contributed by atoms with Crippen molar-refractivity contribution in [3.05, 3.63) is 59.7 Å². The van der Waals surface area contributed by atoms with E-state index in [1.807, 2.05) is 25.1 Å². The average molecular weight is 287 g/mol. The highest BCUT2D eigenvalue weighted by atomic mass is 19.1. The quantitative estimate of drug-likeness (QED) is 0.867. The molecular weight excluding hydrogens is 269 g/mol. The van der Waals surface area contributed by atoms with Crippen LogP contribution < -0.4 is 4.90 Å². The van der Waals surface area contributed by atoms with Crippen LogP contribution in [0.3, 0.4) is 0 Å². The number of halogens is 1. The summed E-state index contributed by atoms with van der Waals surface area (Å²) in [5, 5.41) is 0. The molecule has 1 aromatic carbocycles. The lowest BCUT2D eigenvalue weighted by molar-refractivity contribution is 0.0779. The van der Waals surface area contributed by atoms with Gasteiger partial charge < -0.3 is 9.80 Å². The van der Waals surface area contributed by atoms with E-state index in [4.69, 9.17) is 0 Å². The maximum absolute atomic E-state index is 12.9. The molecule has 0 aliphatic carbocycles. The Morgan fingerprint density at radius 2 is 1.76 bits per heavy atom. The number of rotatable bonds is 4. The molecule has 0 fully saturated rings. The van der Waals surface area contributed by atoms with Gasteiger partial charge in [0.2, 0.25) is 0 Å². The zero-order valence-electron chi connectivity index (χ0n) is 12.4. The fourth-order valence-corrected chi connectivity index (χ4v) is 1.91. The highest BCUT2D eigenvalue weighted by molar-refractivity contribution is 5.92. The fourth-order valence-electron chi connectivity index (χ4n) is 1.91. The number of hydrogen-bond acceptors (Lipinski definition) is 3. The first-order valence-electron chi connectivity index (χ1n) is 6.60. The second kappa shape index (κ2) is 6.35. The predicted octanol–water partition coefficient (Wildman–Crippen LogP) is 2.56. The molecule has 2 rings (SSSR count). The molecule has 0 spiro atoms. The molecule has 0 N–H and O–H groups in total. The first-order chi connectivity index (χ1) is 9.97. The van der Waals surface area contributed by atoms with Crippen LogP contribution in [-0.4, -0.2) is 36.9 Å². The van der Waals surface area contributed by atoms with Crippen molar-refractivity contribution >= 4 is 11.6 Å². The molecule has 5 heteroatoms. The Morgan fingerprint density at radius 3 is 2.29 bits per heavy atom. The summed E-state index contributed by atoms with van der Waals surface area (Å²) in [6.45, 7) is 0.413. The average Bonchev–Trinajstić information content (AvgIpc) is 2.49. The number of carbonyl (C=O) groups excluding carboxylic acids is 1. The Labute approximate surface area is 123 Å². The molecule has 1 aromatic heterocycles. The highest BCUT2D eigenvalue weighted by Gasteiger charge is 2.13. The SMILES string of the molecule is CN(Cc1ccc(F)cc1)C(=O)c1ccc(N(C)C)cn1.